The molecule has 31 heavy (non-hydrogen) atoms. The van der Waals surface area contributed by atoms with Crippen LogP contribution in [0, 0.1) is 18.7 Å². The fraction of sp³-hybridized carbons (Fsp3) is 0.448. The van der Waals surface area contributed by atoms with Gasteiger partial charge in [0.1, 0.15) is 5.82 Å². The van der Waals surface area contributed by atoms with Gasteiger partial charge in [0.2, 0.25) is 0 Å². The van der Waals surface area contributed by atoms with Gasteiger partial charge in [-0.2, -0.15) is 0 Å². The molecule has 1 aromatic heterocycles. The Balaban J connectivity index is 1.76. The van der Waals surface area contributed by atoms with Gasteiger partial charge in [-0.25, -0.2) is 4.39 Å². The van der Waals surface area contributed by atoms with Gasteiger partial charge in [-0.15, -0.1) is 11.3 Å². The first-order valence-corrected chi connectivity index (χ1v) is 12.4. The second kappa shape index (κ2) is 10.1. The van der Waals surface area contributed by atoms with Crippen molar-refractivity contribution in [1.29, 1.82) is 0 Å². The van der Waals surface area contributed by atoms with Crippen molar-refractivity contribution < 1.29 is 4.39 Å². The summed E-state index contributed by atoms with van der Waals surface area (Å²) >= 11 is 1.75. The van der Waals surface area contributed by atoms with E-state index in [4.69, 9.17) is 0 Å². The quantitative estimate of drug-likeness (QED) is 0.379. The molecule has 1 aromatic carbocycles. The van der Waals surface area contributed by atoms with Crippen LogP contribution >= 0.6 is 11.3 Å². The lowest BCUT2D eigenvalue weighted by Crippen LogP contribution is -2.20. The Labute approximate surface area is 192 Å². The Hall–Kier alpha value is -1.93. The SMILES string of the molecule is C=C(/C=C(C)\C=C(/C)CC1CCCCC1)c1cc(C(C)(C)c2ccccc2F)c(C)s1. The van der Waals surface area contributed by atoms with Crippen LogP contribution in [0.5, 0.6) is 0 Å². The van der Waals surface area contributed by atoms with Gasteiger partial charge >= 0.3 is 0 Å². The molecule has 0 saturated heterocycles. The fourth-order valence-corrected chi connectivity index (χ4v) is 6.18. The highest BCUT2D eigenvalue weighted by Gasteiger charge is 2.29. The van der Waals surface area contributed by atoms with Gasteiger partial charge in [0.05, 0.1) is 0 Å². The molecule has 1 fully saturated rings. The van der Waals surface area contributed by atoms with E-state index in [0.717, 1.165) is 21.9 Å². The van der Waals surface area contributed by atoms with Crippen LogP contribution in [0.25, 0.3) is 5.57 Å². The molecule has 0 nitrogen and oxygen atoms in total. The number of hydrogen-bond donors (Lipinski definition) is 0. The van der Waals surface area contributed by atoms with Gasteiger partial charge < -0.3 is 0 Å². The van der Waals surface area contributed by atoms with Crippen LogP contribution in [0.15, 0.2) is 60.2 Å². The Morgan fingerprint density at radius 3 is 2.45 bits per heavy atom. The highest BCUT2D eigenvalue weighted by molar-refractivity contribution is 7.13. The molecule has 0 atom stereocenters. The molecule has 166 valence electrons. The minimum Gasteiger partial charge on any atom is -0.207 e. The third kappa shape index (κ3) is 5.86. The summed E-state index contributed by atoms with van der Waals surface area (Å²) in [5.74, 6) is 0.719. The third-order valence-corrected chi connectivity index (χ3v) is 7.79. The van der Waals surface area contributed by atoms with Crippen molar-refractivity contribution in [3.8, 4) is 0 Å². The average molecular weight is 437 g/mol. The number of aryl methyl sites for hydroxylation is 1. The molecule has 0 N–H and O–H groups in total. The predicted molar refractivity (Wildman–Crippen MR) is 135 cm³/mol. The highest BCUT2D eigenvalue weighted by atomic mass is 32.1. The standard InChI is InChI=1S/C29H37FS/c1-20(16-21(2)18-24-12-8-7-9-13-24)17-22(3)28-19-26(23(4)31-28)29(5,6)25-14-10-11-15-27(25)30/h10-11,14-17,19,24H,3,7-9,12-13,18H2,1-2,4-6H3/b20-17-,21-16+. The lowest BCUT2D eigenvalue weighted by Gasteiger charge is -2.26. The maximum Gasteiger partial charge on any atom is 0.127 e. The van der Waals surface area contributed by atoms with Crippen LogP contribution in [0.1, 0.15) is 87.1 Å². The van der Waals surface area contributed by atoms with Crippen molar-refractivity contribution in [3.63, 3.8) is 0 Å². The molecule has 2 aromatic rings. The summed E-state index contributed by atoms with van der Waals surface area (Å²) in [4.78, 5) is 2.38. The number of benzene rings is 1. The molecule has 0 amide bonds. The van der Waals surface area contributed by atoms with E-state index < -0.39 is 0 Å². The van der Waals surface area contributed by atoms with Crippen LogP contribution in [0.3, 0.4) is 0 Å². The monoisotopic (exact) mass is 436 g/mol. The number of hydrogen-bond acceptors (Lipinski definition) is 1. The van der Waals surface area contributed by atoms with Crippen molar-refractivity contribution >= 4 is 16.9 Å². The molecule has 2 heteroatoms. The minimum absolute atomic E-state index is 0.146. The van der Waals surface area contributed by atoms with Gasteiger partial charge in [-0.3, -0.25) is 0 Å². The minimum atomic E-state index is -0.389. The molecule has 1 aliphatic rings. The zero-order chi connectivity index (χ0) is 22.6. The first-order chi connectivity index (χ1) is 14.7. The maximum atomic E-state index is 14.5. The molecular formula is C29H37FS. The van der Waals surface area contributed by atoms with E-state index in [1.54, 1.807) is 23.5 Å². The molecule has 0 spiro atoms. The van der Waals surface area contributed by atoms with Crippen molar-refractivity contribution in [2.75, 3.05) is 0 Å². The molecule has 0 aliphatic heterocycles. The van der Waals surface area contributed by atoms with E-state index >= 15 is 0 Å². The lowest BCUT2D eigenvalue weighted by atomic mass is 9.78. The predicted octanol–water partition coefficient (Wildman–Crippen LogP) is 9.40. The number of rotatable bonds is 7. The molecule has 1 aliphatic carbocycles. The average Bonchev–Trinajstić information content (AvgIpc) is 3.11. The second-order valence-electron chi connectivity index (χ2n) is 9.80. The normalized spacial score (nSPS) is 16.6. The Morgan fingerprint density at radius 1 is 1.10 bits per heavy atom. The second-order valence-corrected chi connectivity index (χ2v) is 11.1. The maximum absolute atomic E-state index is 14.5. The van der Waals surface area contributed by atoms with Crippen LogP contribution in [0.4, 0.5) is 4.39 Å². The van der Waals surface area contributed by atoms with Crippen LogP contribution in [0.2, 0.25) is 0 Å². The molecule has 0 radical (unpaired) electrons. The zero-order valence-electron chi connectivity index (χ0n) is 19.9. The number of thiophene rings is 1. The Bertz CT molecular complexity index is 980. The topological polar surface area (TPSA) is 0 Å². The van der Waals surface area contributed by atoms with Crippen LogP contribution in [-0.4, -0.2) is 0 Å². The molecule has 1 saturated carbocycles. The van der Waals surface area contributed by atoms with Crippen LogP contribution < -0.4 is 0 Å². The highest BCUT2D eigenvalue weighted by Crippen LogP contribution is 2.40. The van der Waals surface area contributed by atoms with Gasteiger partial charge in [0.25, 0.3) is 0 Å². The Morgan fingerprint density at radius 2 is 1.77 bits per heavy atom. The van der Waals surface area contributed by atoms with Gasteiger partial charge in [-0.1, -0.05) is 94.0 Å². The molecule has 0 bridgehead atoms. The lowest BCUT2D eigenvalue weighted by molar-refractivity contribution is 0.356. The summed E-state index contributed by atoms with van der Waals surface area (Å²) in [5.41, 5.74) is 5.27. The third-order valence-electron chi connectivity index (χ3n) is 6.67. The zero-order valence-corrected chi connectivity index (χ0v) is 20.7. The summed E-state index contributed by atoms with van der Waals surface area (Å²) in [6.07, 6.45) is 12.7. The number of allylic oxidation sites excluding steroid dienone is 5. The summed E-state index contributed by atoms with van der Waals surface area (Å²) in [5, 5.41) is 0. The smallest absolute Gasteiger partial charge is 0.127 e. The van der Waals surface area contributed by atoms with Crippen molar-refractivity contribution in [1.82, 2.24) is 0 Å². The van der Waals surface area contributed by atoms with Crippen molar-refractivity contribution in [2.45, 2.75) is 78.6 Å². The molecule has 1 heterocycles. The van der Waals surface area contributed by atoms with Crippen molar-refractivity contribution in [3.05, 3.63) is 86.9 Å². The molecule has 3 rings (SSSR count). The first-order valence-electron chi connectivity index (χ1n) is 11.6. The number of halogens is 1. The summed E-state index contributed by atoms with van der Waals surface area (Å²) in [6, 6.07) is 9.31. The largest absolute Gasteiger partial charge is 0.207 e. The van der Waals surface area contributed by atoms with Gasteiger partial charge in [0, 0.05) is 15.2 Å². The molecular weight excluding hydrogens is 399 g/mol. The van der Waals surface area contributed by atoms with E-state index in [0.29, 0.717) is 0 Å². The Kier molecular flexibility index (Phi) is 7.75. The van der Waals surface area contributed by atoms with Gasteiger partial charge in [0.15, 0.2) is 0 Å². The fourth-order valence-electron chi connectivity index (χ4n) is 5.06. The summed E-state index contributed by atoms with van der Waals surface area (Å²) in [7, 11) is 0. The van der Waals surface area contributed by atoms with Gasteiger partial charge in [-0.05, 0) is 61.9 Å². The summed E-state index contributed by atoms with van der Waals surface area (Å²) < 4.78 is 14.5. The van der Waals surface area contributed by atoms with E-state index in [1.807, 2.05) is 12.1 Å². The van der Waals surface area contributed by atoms with E-state index in [9.17, 15) is 4.39 Å². The van der Waals surface area contributed by atoms with Crippen molar-refractivity contribution in [2.24, 2.45) is 5.92 Å². The van der Waals surface area contributed by atoms with E-state index in [2.05, 4.69) is 59.4 Å². The van der Waals surface area contributed by atoms with Crippen LogP contribution in [-0.2, 0) is 5.41 Å². The van der Waals surface area contributed by atoms with E-state index in [1.165, 1.54) is 60.1 Å². The molecule has 0 unspecified atom stereocenters. The first kappa shape index (κ1) is 23.7. The van der Waals surface area contributed by atoms with E-state index in [-0.39, 0.29) is 11.2 Å². The summed E-state index contributed by atoms with van der Waals surface area (Å²) in [6.45, 7) is 15.1.